The molecule has 7 heteroatoms. The van der Waals surface area contributed by atoms with Gasteiger partial charge in [-0.25, -0.2) is 4.90 Å². The second kappa shape index (κ2) is 5.52. The molecule has 0 aliphatic carbocycles. The van der Waals surface area contributed by atoms with Crippen molar-refractivity contribution in [2.45, 2.75) is 39.3 Å². The molecule has 2 aliphatic rings. The van der Waals surface area contributed by atoms with Crippen molar-refractivity contribution >= 4 is 29.3 Å². The number of hydrogen-bond acceptors (Lipinski definition) is 5. The molecule has 1 aromatic heterocycles. The molecule has 26 heavy (non-hydrogen) atoms. The SMILES string of the molecule is Cc1nc(N2C(=O)C(C)(C)c3ccc(C4=CNC(C)N=C4)cc32)nn1C. The third-order valence-corrected chi connectivity index (χ3v) is 5.07. The fourth-order valence-electron chi connectivity index (χ4n) is 3.31. The van der Waals surface area contributed by atoms with Crippen molar-refractivity contribution in [2.75, 3.05) is 4.90 Å². The lowest BCUT2D eigenvalue weighted by Gasteiger charge is -2.17. The molecule has 1 unspecified atom stereocenters. The summed E-state index contributed by atoms with van der Waals surface area (Å²) in [6.45, 7) is 7.74. The molecule has 0 radical (unpaired) electrons. The zero-order chi connectivity index (χ0) is 18.6. The molecule has 0 spiro atoms. The van der Waals surface area contributed by atoms with Crippen LogP contribution in [-0.4, -0.2) is 33.1 Å². The predicted octanol–water partition coefficient (Wildman–Crippen LogP) is 2.44. The molecule has 0 bridgehead atoms. The minimum atomic E-state index is -0.622. The summed E-state index contributed by atoms with van der Waals surface area (Å²) in [6.07, 6.45) is 3.89. The van der Waals surface area contributed by atoms with E-state index in [2.05, 4.69) is 20.4 Å². The van der Waals surface area contributed by atoms with E-state index in [1.165, 1.54) is 0 Å². The number of amides is 1. The van der Waals surface area contributed by atoms with Gasteiger partial charge in [-0.2, -0.15) is 4.98 Å². The van der Waals surface area contributed by atoms with E-state index in [4.69, 9.17) is 0 Å². The van der Waals surface area contributed by atoms with Gasteiger partial charge >= 0.3 is 0 Å². The van der Waals surface area contributed by atoms with Crippen molar-refractivity contribution in [3.05, 3.63) is 41.4 Å². The summed E-state index contributed by atoms with van der Waals surface area (Å²) in [5.41, 5.74) is 3.16. The van der Waals surface area contributed by atoms with Gasteiger partial charge in [0.05, 0.1) is 11.1 Å². The Hall–Kier alpha value is -2.96. The first-order valence-corrected chi connectivity index (χ1v) is 8.65. The van der Waals surface area contributed by atoms with E-state index in [-0.39, 0.29) is 12.1 Å². The first-order valence-electron chi connectivity index (χ1n) is 8.65. The van der Waals surface area contributed by atoms with Gasteiger partial charge in [0.15, 0.2) is 0 Å². The molecule has 4 rings (SSSR count). The molecule has 1 N–H and O–H groups in total. The Morgan fingerprint density at radius 1 is 1.27 bits per heavy atom. The topological polar surface area (TPSA) is 75.4 Å². The van der Waals surface area contributed by atoms with Gasteiger partial charge in [0.25, 0.3) is 5.95 Å². The lowest BCUT2D eigenvalue weighted by atomic mass is 9.85. The van der Waals surface area contributed by atoms with Crippen LogP contribution in [0.25, 0.3) is 5.57 Å². The van der Waals surface area contributed by atoms with Crippen molar-refractivity contribution in [1.29, 1.82) is 0 Å². The van der Waals surface area contributed by atoms with E-state index in [0.717, 1.165) is 28.2 Å². The van der Waals surface area contributed by atoms with E-state index in [1.807, 2.05) is 65.4 Å². The third-order valence-electron chi connectivity index (χ3n) is 5.07. The lowest BCUT2D eigenvalue weighted by Crippen LogP contribution is -2.33. The third kappa shape index (κ3) is 2.34. The van der Waals surface area contributed by atoms with Crippen molar-refractivity contribution in [3.63, 3.8) is 0 Å². The minimum absolute atomic E-state index is 0.0201. The van der Waals surface area contributed by atoms with Gasteiger partial charge in [-0.15, -0.1) is 5.10 Å². The fourth-order valence-corrected chi connectivity index (χ4v) is 3.31. The number of hydrogen-bond donors (Lipinski definition) is 1. The summed E-state index contributed by atoms with van der Waals surface area (Å²) in [5, 5.41) is 7.63. The molecule has 134 valence electrons. The van der Waals surface area contributed by atoms with Crippen LogP contribution >= 0.6 is 0 Å². The number of rotatable bonds is 2. The van der Waals surface area contributed by atoms with Crippen molar-refractivity contribution in [2.24, 2.45) is 12.0 Å². The summed E-state index contributed by atoms with van der Waals surface area (Å²) in [7, 11) is 1.82. The number of fused-ring (bicyclic) bond motifs is 1. The number of benzene rings is 1. The van der Waals surface area contributed by atoms with Crippen LogP contribution in [0, 0.1) is 6.92 Å². The van der Waals surface area contributed by atoms with Crippen molar-refractivity contribution < 1.29 is 4.79 Å². The molecule has 1 aromatic carbocycles. The van der Waals surface area contributed by atoms with Gasteiger partial charge in [-0.1, -0.05) is 12.1 Å². The highest BCUT2D eigenvalue weighted by atomic mass is 16.2. The van der Waals surface area contributed by atoms with Crippen LogP contribution in [0.15, 0.2) is 29.4 Å². The number of aliphatic imine (C=N–C) groups is 1. The van der Waals surface area contributed by atoms with Crippen LogP contribution < -0.4 is 10.2 Å². The van der Waals surface area contributed by atoms with E-state index in [1.54, 1.807) is 9.58 Å². The molecule has 1 atom stereocenters. The van der Waals surface area contributed by atoms with E-state index < -0.39 is 5.41 Å². The van der Waals surface area contributed by atoms with Gasteiger partial charge < -0.3 is 5.32 Å². The number of aryl methyl sites for hydroxylation is 2. The Balaban J connectivity index is 1.84. The molecule has 1 amide bonds. The van der Waals surface area contributed by atoms with Gasteiger partial charge in [0, 0.05) is 25.0 Å². The normalized spacial score (nSPS) is 20.8. The molecule has 7 nitrogen and oxygen atoms in total. The predicted molar refractivity (Wildman–Crippen MR) is 101 cm³/mol. The molecule has 0 fully saturated rings. The molecule has 2 aromatic rings. The number of aromatic nitrogens is 3. The molecular weight excluding hydrogens is 328 g/mol. The van der Waals surface area contributed by atoms with Crippen LogP contribution in [0.5, 0.6) is 0 Å². The largest absolute Gasteiger partial charge is 0.369 e. The minimum Gasteiger partial charge on any atom is -0.369 e. The van der Waals surface area contributed by atoms with Crippen LogP contribution in [0.3, 0.4) is 0 Å². The maximum absolute atomic E-state index is 13.1. The average Bonchev–Trinajstić information content (AvgIpc) is 3.03. The van der Waals surface area contributed by atoms with E-state index >= 15 is 0 Å². The fraction of sp³-hybridized carbons (Fsp3) is 0.368. The Morgan fingerprint density at radius 2 is 2.04 bits per heavy atom. The molecule has 3 heterocycles. The first kappa shape index (κ1) is 16.5. The Bertz CT molecular complexity index is 949. The quantitative estimate of drug-likeness (QED) is 0.903. The zero-order valence-electron chi connectivity index (χ0n) is 15.6. The highest BCUT2D eigenvalue weighted by molar-refractivity contribution is 6.14. The standard InChI is InChI=1S/C19H22N6O/c1-11-20-9-14(10-21-11)13-6-7-15-16(8-13)25(17(26)19(15,3)4)18-22-12(2)24(5)23-18/h6-11,20H,1-5H3. The van der Waals surface area contributed by atoms with Crippen LogP contribution in [0.1, 0.15) is 37.7 Å². The maximum Gasteiger partial charge on any atom is 0.256 e. The Labute approximate surface area is 152 Å². The number of allylic oxidation sites excluding steroid dienone is 1. The summed E-state index contributed by atoms with van der Waals surface area (Å²) >= 11 is 0. The second-order valence-electron chi connectivity index (χ2n) is 7.30. The Kier molecular flexibility index (Phi) is 3.50. The number of carbonyl (C=O) groups excluding carboxylic acids is 1. The number of nitrogens with zero attached hydrogens (tertiary/aromatic N) is 5. The van der Waals surface area contributed by atoms with Gasteiger partial charge in [-0.05, 0) is 44.9 Å². The van der Waals surface area contributed by atoms with E-state index in [9.17, 15) is 4.79 Å². The summed E-state index contributed by atoms with van der Waals surface area (Å²) in [6, 6.07) is 6.07. The molecule has 0 saturated carbocycles. The van der Waals surface area contributed by atoms with Crippen LogP contribution in [-0.2, 0) is 17.3 Å². The average molecular weight is 350 g/mol. The monoisotopic (exact) mass is 350 g/mol. The van der Waals surface area contributed by atoms with Crippen molar-refractivity contribution in [3.8, 4) is 0 Å². The number of anilines is 2. The summed E-state index contributed by atoms with van der Waals surface area (Å²) < 4.78 is 1.68. The van der Waals surface area contributed by atoms with Crippen LogP contribution in [0.4, 0.5) is 11.6 Å². The van der Waals surface area contributed by atoms with E-state index in [0.29, 0.717) is 5.95 Å². The summed E-state index contributed by atoms with van der Waals surface area (Å²) in [5.74, 6) is 1.15. The molecule has 2 aliphatic heterocycles. The second-order valence-corrected chi connectivity index (χ2v) is 7.30. The number of nitrogens with one attached hydrogen (secondary N) is 1. The van der Waals surface area contributed by atoms with Crippen molar-refractivity contribution in [1.82, 2.24) is 20.1 Å². The zero-order valence-corrected chi connectivity index (χ0v) is 15.6. The first-order chi connectivity index (χ1) is 12.3. The smallest absolute Gasteiger partial charge is 0.256 e. The number of carbonyl (C=O) groups is 1. The maximum atomic E-state index is 13.1. The summed E-state index contributed by atoms with van der Waals surface area (Å²) in [4.78, 5) is 23.6. The van der Waals surface area contributed by atoms with Gasteiger partial charge in [0.1, 0.15) is 12.0 Å². The highest BCUT2D eigenvalue weighted by Crippen LogP contribution is 2.45. The van der Waals surface area contributed by atoms with Crippen LogP contribution in [0.2, 0.25) is 0 Å². The van der Waals surface area contributed by atoms with Gasteiger partial charge in [-0.3, -0.25) is 14.5 Å². The lowest BCUT2D eigenvalue weighted by molar-refractivity contribution is -0.121. The highest BCUT2D eigenvalue weighted by Gasteiger charge is 2.46. The van der Waals surface area contributed by atoms with Gasteiger partial charge in [0.2, 0.25) is 5.91 Å². The Morgan fingerprint density at radius 3 is 2.65 bits per heavy atom. The molecular formula is C19H22N6O. The molecule has 0 saturated heterocycles.